The number of hydrogen-bond donors (Lipinski definition) is 2. The van der Waals surface area contributed by atoms with Crippen LogP contribution in [0.3, 0.4) is 0 Å². The highest BCUT2D eigenvalue weighted by molar-refractivity contribution is 5.98. The summed E-state index contributed by atoms with van der Waals surface area (Å²) in [5.74, 6) is -0.407. The van der Waals surface area contributed by atoms with E-state index in [1.807, 2.05) is 72.8 Å². The number of carbonyl (C=O) groups excluding carboxylic acids is 1. The van der Waals surface area contributed by atoms with E-state index in [2.05, 4.69) is 19.2 Å². The number of nitrogens with one attached hydrogen (secondary N) is 1. The van der Waals surface area contributed by atoms with Gasteiger partial charge in [-0.2, -0.15) is 0 Å². The Balaban J connectivity index is 1.86. The molecule has 0 saturated carbocycles. The Labute approximate surface area is 194 Å². The van der Waals surface area contributed by atoms with E-state index in [1.165, 1.54) is 6.08 Å². The number of benzene rings is 3. The van der Waals surface area contributed by atoms with E-state index in [0.29, 0.717) is 30.2 Å². The molecule has 0 radical (unpaired) electrons. The van der Waals surface area contributed by atoms with Crippen LogP contribution in [-0.2, 0) is 16.2 Å². The molecule has 1 amide bonds. The van der Waals surface area contributed by atoms with Crippen LogP contribution in [0, 0.1) is 5.92 Å². The lowest BCUT2D eigenvalue weighted by atomic mass is 9.89. The van der Waals surface area contributed by atoms with Gasteiger partial charge in [-0.1, -0.05) is 74.5 Å². The molecule has 0 aliphatic rings. The second-order valence-electron chi connectivity index (χ2n) is 8.28. The Hall–Kier alpha value is -3.86. The molecular weight excluding hydrogens is 414 g/mol. The standard InChI is InChI=1S/C28H29NO4/c1-20(2)17-25(22-9-5-3-6-10-22)28(32)29-26-18-21(13-14-23(26)15-16-27(30)31)19-33-24-11-7-4-8-12-24/h3-16,18,20,25H,17,19H2,1-2H3,(H,29,32)(H,30,31). The smallest absolute Gasteiger partial charge is 0.328 e. The number of carbonyl (C=O) groups is 2. The lowest BCUT2D eigenvalue weighted by molar-refractivity contribution is -0.131. The fourth-order valence-electron chi connectivity index (χ4n) is 3.56. The molecule has 3 aromatic carbocycles. The van der Waals surface area contributed by atoms with Crippen molar-refractivity contribution in [2.24, 2.45) is 5.92 Å². The summed E-state index contributed by atoms with van der Waals surface area (Å²) < 4.78 is 5.83. The van der Waals surface area contributed by atoms with Crippen molar-refractivity contribution in [1.29, 1.82) is 0 Å². The fraction of sp³-hybridized carbons (Fsp3) is 0.214. The third kappa shape index (κ3) is 7.35. The van der Waals surface area contributed by atoms with E-state index in [-0.39, 0.29) is 11.8 Å². The van der Waals surface area contributed by atoms with E-state index in [4.69, 9.17) is 9.84 Å². The van der Waals surface area contributed by atoms with Crippen LogP contribution < -0.4 is 10.1 Å². The molecule has 0 aromatic heterocycles. The third-order valence-electron chi connectivity index (χ3n) is 5.16. The SMILES string of the molecule is CC(C)CC(C(=O)Nc1cc(COc2ccccc2)ccc1C=CC(=O)O)c1ccccc1. The monoisotopic (exact) mass is 443 g/mol. The van der Waals surface area contributed by atoms with Gasteiger partial charge in [0, 0.05) is 11.8 Å². The molecule has 0 heterocycles. The van der Waals surface area contributed by atoms with E-state index < -0.39 is 5.97 Å². The minimum absolute atomic E-state index is 0.124. The Morgan fingerprint density at radius 1 is 0.970 bits per heavy atom. The molecule has 2 N–H and O–H groups in total. The molecule has 1 atom stereocenters. The first-order valence-corrected chi connectivity index (χ1v) is 11.0. The number of para-hydroxylation sites is 1. The molecule has 1 unspecified atom stereocenters. The van der Waals surface area contributed by atoms with Crippen molar-refractivity contribution in [3.8, 4) is 5.75 Å². The molecule has 0 fully saturated rings. The second-order valence-corrected chi connectivity index (χ2v) is 8.28. The maximum Gasteiger partial charge on any atom is 0.328 e. The third-order valence-corrected chi connectivity index (χ3v) is 5.16. The van der Waals surface area contributed by atoms with Crippen LogP contribution in [0.5, 0.6) is 5.75 Å². The first-order chi connectivity index (χ1) is 15.9. The van der Waals surface area contributed by atoms with Crippen LogP contribution in [-0.4, -0.2) is 17.0 Å². The molecule has 5 nitrogen and oxygen atoms in total. The molecule has 3 rings (SSSR count). The molecule has 0 bridgehead atoms. The van der Waals surface area contributed by atoms with Gasteiger partial charge < -0.3 is 15.2 Å². The number of carboxylic acids is 1. The summed E-state index contributed by atoms with van der Waals surface area (Å²) in [4.78, 5) is 24.4. The van der Waals surface area contributed by atoms with Crippen LogP contribution in [0.2, 0.25) is 0 Å². The van der Waals surface area contributed by atoms with Crippen LogP contribution in [0.25, 0.3) is 6.08 Å². The minimum atomic E-state index is -1.05. The highest BCUT2D eigenvalue weighted by Gasteiger charge is 2.22. The predicted octanol–water partition coefficient (Wildman–Crippen LogP) is 6.13. The van der Waals surface area contributed by atoms with Gasteiger partial charge >= 0.3 is 5.97 Å². The zero-order valence-electron chi connectivity index (χ0n) is 18.9. The Kier molecular flexibility index (Phi) is 8.42. The van der Waals surface area contributed by atoms with Crippen LogP contribution >= 0.6 is 0 Å². The van der Waals surface area contributed by atoms with Gasteiger partial charge in [0.15, 0.2) is 0 Å². The Morgan fingerprint density at radius 2 is 1.64 bits per heavy atom. The van der Waals surface area contributed by atoms with Crippen molar-refractivity contribution in [3.05, 3.63) is 102 Å². The van der Waals surface area contributed by atoms with E-state index in [9.17, 15) is 9.59 Å². The molecule has 0 saturated heterocycles. The maximum atomic E-state index is 13.3. The molecular formula is C28H29NO4. The number of ether oxygens (including phenoxy) is 1. The first-order valence-electron chi connectivity index (χ1n) is 11.0. The Morgan fingerprint density at radius 3 is 2.27 bits per heavy atom. The Bertz CT molecular complexity index is 1090. The molecule has 5 heteroatoms. The lowest BCUT2D eigenvalue weighted by Gasteiger charge is -2.20. The van der Waals surface area contributed by atoms with Gasteiger partial charge in [-0.05, 0) is 53.3 Å². The average Bonchev–Trinajstić information content (AvgIpc) is 2.81. The number of amides is 1. The highest BCUT2D eigenvalue weighted by Crippen LogP contribution is 2.28. The van der Waals surface area contributed by atoms with Crippen molar-refractivity contribution in [2.45, 2.75) is 32.8 Å². The van der Waals surface area contributed by atoms with Crippen molar-refractivity contribution >= 4 is 23.6 Å². The summed E-state index contributed by atoms with van der Waals surface area (Å²) in [7, 11) is 0. The first kappa shape index (κ1) is 23.8. The number of hydrogen-bond acceptors (Lipinski definition) is 3. The highest BCUT2D eigenvalue weighted by atomic mass is 16.5. The molecule has 0 aliphatic carbocycles. The van der Waals surface area contributed by atoms with Crippen molar-refractivity contribution in [3.63, 3.8) is 0 Å². The van der Waals surface area contributed by atoms with Crippen molar-refractivity contribution < 1.29 is 19.4 Å². The summed E-state index contributed by atoms with van der Waals surface area (Å²) in [6.45, 7) is 4.50. The molecule has 33 heavy (non-hydrogen) atoms. The van der Waals surface area contributed by atoms with Crippen LogP contribution in [0.4, 0.5) is 5.69 Å². The molecule has 3 aromatic rings. The maximum absolute atomic E-state index is 13.3. The number of carboxylic acid groups (broad SMARTS) is 1. The minimum Gasteiger partial charge on any atom is -0.489 e. The van der Waals surface area contributed by atoms with Gasteiger partial charge in [0.1, 0.15) is 12.4 Å². The number of anilines is 1. The van der Waals surface area contributed by atoms with Crippen LogP contribution in [0.15, 0.2) is 84.9 Å². The quantitative estimate of drug-likeness (QED) is 0.370. The van der Waals surface area contributed by atoms with E-state index >= 15 is 0 Å². The number of rotatable bonds is 10. The lowest BCUT2D eigenvalue weighted by Crippen LogP contribution is -2.23. The zero-order valence-corrected chi connectivity index (χ0v) is 18.9. The van der Waals surface area contributed by atoms with E-state index in [1.54, 1.807) is 6.07 Å². The molecule has 170 valence electrons. The normalized spacial score (nSPS) is 12.0. The van der Waals surface area contributed by atoms with Gasteiger partial charge in [-0.15, -0.1) is 0 Å². The zero-order chi connectivity index (χ0) is 23.6. The summed E-state index contributed by atoms with van der Waals surface area (Å²) in [6.07, 6.45) is 3.25. The molecule has 0 aliphatic heterocycles. The topological polar surface area (TPSA) is 75.6 Å². The number of aliphatic carboxylic acids is 1. The summed E-state index contributed by atoms with van der Waals surface area (Å²) in [5.41, 5.74) is 2.98. The van der Waals surface area contributed by atoms with Gasteiger partial charge in [0.25, 0.3) is 0 Å². The van der Waals surface area contributed by atoms with Crippen molar-refractivity contribution in [2.75, 3.05) is 5.32 Å². The van der Waals surface area contributed by atoms with Crippen LogP contribution in [0.1, 0.15) is 42.9 Å². The van der Waals surface area contributed by atoms with Gasteiger partial charge in [0.2, 0.25) is 5.91 Å². The van der Waals surface area contributed by atoms with Gasteiger partial charge in [0.05, 0.1) is 5.92 Å². The predicted molar refractivity (Wildman–Crippen MR) is 131 cm³/mol. The van der Waals surface area contributed by atoms with E-state index in [0.717, 1.165) is 23.0 Å². The fourth-order valence-corrected chi connectivity index (χ4v) is 3.56. The summed E-state index contributed by atoms with van der Waals surface area (Å²) in [5, 5.41) is 12.1. The molecule has 0 spiro atoms. The van der Waals surface area contributed by atoms with Gasteiger partial charge in [-0.25, -0.2) is 4.79 Å². The van der Waals surface area contributed by atoms with Gasteiger partial charge in [-0.3, -0.25) is 4.79 Å². The summed E-state index contributed by atoms with van der Waals surface area (Å²) in [6, 6.07) is 24.7. The summed E-state index contributed by atoms with van der Waals surface area (Å²) >= 11 is 0. The largest absolute Gasteiger partial charge is 0.489 e. The van der Waals surface area contributed by atoms with Crippen molar-refractivity contribution in [1.82, 2.24) is 0 Å². The second kappa shape index (κ2) is 11.7. The average molecular weight is 444 g/mol.